The average molecular weight is 702 g/mol. The Kier molecular flexibility index (Phi) is 8.20. The number of para-hydroxylation sites is 1. The van der Waals surface area contributed by atoms with E-state index in [-0.39, 0.29) is 10.8 Å². The number of aromatic nitrogens is 3. The van der Waals surface area contributed by atoms with Crippen LogP contribution in [0, 0.1) is 12.8 Å². The molecule has 0 amide bonds. The lowest BCUT2D eigenvalue weighted by atomic mass is 9.76. The number of hydrogen-bond donors (Lipinski definition) is 1. The molecular formula is C45H39N3O3S. The van der Waals surface area contributed by atoms with E-state index >= 15 is 0 Å². The molecule has 0 spiro atoms. The molecule has 52 heavy (non-hydrogen) atoms. The van der Waals surface area contributed by atoms with Crippen molar-refractivity contribution in [1.82, 2.24) is 13.5 Å². The second-order valence-electron chi connectivity index (χ2n) is 13.7. The molecule has 1 N–H and O–H groups in total. The molecule has 6 aromatic carbocycles. The van der Waals surface area contributed by atoms with Crippen LogP contribution in [0.5, 0.6) is 0 Å². The molecule has 6 nitrogen and oxygen atoms in total. The SMILES string of the molecule is Cc1ccc(S(=O)(=O)n2c3ccccc3c3ccc(C(O)(c4cn(C(c5ccccc5)(c5ccccc5)c5ccccc5)cn4)C(C)C)cc32)cc1. The predicted molar refractivity (Wildman–Crippen MR) is 208 cm³/mol. The van der Waals surface area contributed by atoms with E-state index in [2.05, 4.69) is 41.0 Å². The summed E-state index contributed by atoms with van der Waals surface area (Å²) < 4.78 is 32.3. The molecule has 0 radical (unpaired) electrons. The molecule has 0 aliphatic rings. The van der Waals surface area contributed by atoms with Crippen LogP contribution in [0.4, 0.5) is 0 Å². The summed E-state index contributed by atoms with van der Waals surface area (Å²) >= 11 is 0. The van der Waals surface area contributed by atoms with Crippen molar-refractivity contribution in [2.45, 2.75) is 36.8 Å². The van der Waals surface area contributed by atoms with Gasteiger partial charge in [-0.25, -0.2) is 17.4 Å². The number of nitrogens with zero attached hydrogens (tertiary/aromatic N) is 3. The van der Waals surface area contributed by atoms with Crippen molar-refractivity contribution in [3.63, 3.8) is 0 Å². The average Bonchev–Trinajstić information content (AvgIpc) is 3.80. The van der Waals surface area contributed by atoms with Crippen molar-refractivity contribution in [2.24, 2.45) is 5.92 Å². The third-order valence-electron chi connectivity index (χ3n) is 10.4. The molecule has 2 aromatic heterocycles. The number of fused-ring (bicyclic) bond motifs is 3. The largest absolute Gasteiger partial charge is 0.378 e. The summed E-state index contributed by atoms with van der Waals surface area (Å²) in [6, 6.07) is 51.0. The molecule has 0 bridgehead atoms. The second kappa shape index (κ2) is 12.8. The molecular weight excluding hydrogens is 663 g/mol. The zero-order valence-electron chi connectivity index (χ0n) is 29.3. The fraction of sp³-hybridized carbons (Fsp3) is 0.133. The normalized spacial score (nSPS) is 13.5. The van der Waals surface area contributed by atoms with E-state index in [4.69, 9.17) is 4.98 Å². The van der Waals surface area contributed by atoms with E-state index in [1.54, 1.807) is 30.6 Å². The summed E-state index contributed by atoms with van der Waals surface area (Å²) in [6.07, 6.45) is 3.74. The van der Waals surface area contributed by atoms with Gasteiger partial charge in [0.2, 0.25) is 0 Å². The first-order valence-corrected chi connectivity index (χ1v) is 18.9. The van der Waals surface area contributed by atoms with Gasteiger partial charge in [-0.05, 0) is 59.4 Å². The van der Waals surface area contributed by atoms with Crippen LogP contribution in [0.3, 0.4) is 0 Å². The zero-order valence-corrected chi connectivity index (χ0v) is 30.1. The molecule has 1 unspecified atom stereocenters. The third kappa shape index (κ3) is 5.11. The first kappa shape index (κ1) is 33.4. The number of imidazole rings is 1. The number of aryl methyl sites for hydroxylation is 1. The Morgan fingerprint density at radius 3 is 1.69 bits per heavy atom. The summed E-state index contributed by atoms with van der Waals surface area (Å²) in [5, 5.41) is 14.6. The standard InChI is InChI=1S/C45H39N3O3S/c1-32(2)45(49,37-25-28-40-39-21-13-14-22-41(39)48(42(40)29-37)52(50,51)38-26-23-33(3)24-27-38)43-30-47(31-46-43)44(34-15-7-4-8-16-34,35-17-9-5-10-18-35)36-19-11-6-12-20-36/h4-32,49H,1-3H3. The number of benzene rings is 6. The van der Waals surface area contributed by atoms with E-state index in [0.29, 0.717) is 22.3 Å². The third-order valence-corrected chi connectivity index (χ3v) is 12.1. The van der Waals surface area contributed by atoms with Gasteiger partial charge in [0.25, 0.3) is 10.0 Å². The van der Waals surface area contributed by atoms with Crippen LogP contribution in [-0.2, 0) is 21.2 Å². The summed E-state index contributed by atoms with van der Waals surface area (Å²) in [7, 11) is -4.00. The number of aliphatic hydroxyl groups is 1. The molecule has 0 aliphatic heterocycles. The van der Waals surface area contributed by atoms with Crippen molar-refractivity contribution in [1.29, 1.82) is 0 Å². The van der Waals surface area contributed by atoms with Crippen molar-refractivity contribution in [3.8, 4) is 0 Å². The van der Waals surface area contributed by atoms with E-state index in [9.17, 15) is 13.5 Å². The van der Waals surface area contributed by atoms with Gasteiger partial charge in [0.05, 0.1) is 28.0 Å². The Labute approximate surface area is 304 Å². The maximum Gasteiger partial charge on any atom is 0.268 e. The van der Waals surface area contributed by atoms with Crippen molar-refractivity contribution >= 4 is 31.8 Å². The number of rotatable bonds is 9. The summed E-state index contributed by atoms with van der Waals surface area (Å²) in [5.74, 6) is -0.334. The Morgan fingerprint density at radius 2 is 1.13 bits per heavy atom. The van der Waals surface area contributed by atoms with Gasteiger partial charge >= 0.3 is 0 Å². The highest BCUT2D eigenvalue weighted by Gasteiger charge is 2.43. The zero-order chi connectivity index (χ0) is 36.1. The quantitative estimate of drug-likeness (QED) is 0.152. The molecule has 8 rings (SSSR count). The van der Waals surface area contributed by atoms with Gasteiger partial charge in [0.15, 0.2) is 0 Å². The molecule has 8 aromatic rings. The molecule has 0 saturated carbocycles. The van der Waals surface area contributed by atoms with E-state index in [1.807, 2.05) is 124 Å². The molecule has 2 heterocycles. The van der Waals surface area contributed by atoms with Gasteiger partial charge in [-0.15, -0.1) is 0 Å². The van der Waals surface area contributed by atoms with Crippen molar-refractivity contribution < 1.29 is 13.5 Å². The molecule has 0 saturated heterocycles. The Morgan fingerprint density at radius 1 is 0.615 bits per heavy atom. The predicted octanol–water partition coefficient (Wildman–Crippen LogP) is 9.27. The molecule has 1 atom stereocenters. The molecule has 258 valence electrons. The monoisotopic (exact) mass is 701 g/mol. The van der Waals surface area contributed by atoms with Crippen LogP contribution in [0.1, 0.15) is 47.4 Å². The number of hydrogen-bond acceptors (Lipinski definition) is 4. The van der Waals surface area contributed by atoms with Crippen molar-refractivity contribution in [2.75, 3.05) is 0 Å². The Hall–Kier alpha value is -5.76. The lowest BCUT2D eigenvalue weighted by Crippen LogP contribution is -2.37. The minimum absolute atomic E-state index is 0.197. The fourth-order valence-corrected chi connectivity index (χ4v) is 9.23. The Balaban J connectivity index is 1.36. The van der Waals surface area contributed by atoms with Gasteiger partial charge in [-0.2, -0.15) is 0 Å². The van der Waals surface area contributed by atoms with Crippen LogP contribution >= 0.6 is 0 Å². The Bertz CT molecular complexity index is 2530. The van der Waals surface area contributed by atoms with E-state index in [0.717, 1.165) is 33.0 Å². The highest BCUT2D eigenvalue weighted by molar-refractivity contribution is 7.90. The minimum atomic E-state index is -4.00. The van der Waals surface area contributed by atoms with Gasteiger partial charge in [-0.1, -0.05) is 153 Å². The highest BCUT2D eigenvalue weighted by Crippen LogP contribution is 2.44. The van der Waals surface area contributed by atoms with Crippen LogP contribution in [-0.4, -0.2) is 27.0 Å². The van der Waals surface area contributed by atoms with Crippen LogP contribution in [0.15, 0.2) is 175 Å². The van der Waals surface area contributed by atoms with Crippen LogP contribution in [0.25, 0.3) is 21.8 Å². The maximum absolute atomic E-state index is 14.4. The minimum Gasteiger partial charge on any atom is -0.378 e. The van der Waals surface area contributed by atoms with Gasteiger partial charge in [0, 0.05) is 17.0 Å². The van der Waals surface area contributed by atoms with Gasteiger partial charge in [0.1, 0.15) is 11.1 Å². The highest BCUT2D eigenvalue weighted by atomic mass is 32.2. The summed E-state index contributed by atoms with van der Waals surface area (Å²) in [4.78, 5) is 5.16. The van der Waals surface area contributed by atoms with Crippen LogP contribution < -0.4 is 0 Å². The van der Waals surface area contributed by atoms with E-state index < -0.39 is 21.2 Å². The van der Waals surface area contributed by atoms with Gasteiger partial charge in [-0.3, -0.25) is 0 Å². The van der Waals surface area contributed by atoms with E-state index in [1.165, 1.54) is 3.97 Å². The molecule has 0 fully saturated rings. The first-order valence-electron chi connectivity index (χ1n) is 17.5. The lowest BCUT2D eigenvalue weighted by Gasteiger charge is -2.37. The fourth-order valence-electron chi connectivity index (χ4n) is 7.71. The molecule has 7 heteroatoms. The summed E-state index contributed by atoms with van der Waals surface area (Å²) in [5.41, 5.74) is 3.77. The topological polar surface area (TPSA) is 77.1 Å². The molecule has 0 aliphatic carbocycles. The van der Waals surface area contributed by atoms with Gasteiger partial charge < -0.3 is 9.67 Å². The van der Waals surface area contributed by atoms with Crippen LogP contribution in [0.2, 0.25) is 0 Å². The first-order chi connectivity index (χ1) is 25.2. The maximum atomic E-state index is 14.4. The van der Waals surface area contributed by atoms with Crippen molar-refractivity contribution in [3.05, 3.63) is 204 Å². The summed E-state index contributed by atoms with van der Waals surface area (Å²) in [6.45, 7) is 5.85. The second-order valence-corrected chi connectivity index (χ2v) is 15.5. The smallest absolute Gasteiger partial charge is 0.268 e. The lowest BCUT2D eigenvalue weighted by molar-refractivity contribution is 0.0279.